The third-order valence-electron chi connectivity index (χ3n) is 0.837. The second kappa shape index (κ2) is 0.950. The number of rotatable bonds is 0. The molecule has 2 N–H and O–H groups in total. The van der Waals surface area contributed by atoms with Crippen LogP contribution in [0.5, 0.6) is 0 Å². The smallest absolute Gasteiger partial charge is 0.169 e. The van der Waals surface area contributed by atoms with Gasteiger partial charge in [0.1, 0.15) is 0 Å². The van der Waals surface area contributed by atoms with Crippen LogP contribution in [0.3, 0.4) is 0 Å². The van der Waals surface area contributed by atoms with Crippen molar-refractivity contribution in [3.05, 3.63) is 12.8 Å². The first-order valence-corrected chi connectivity index (χ1v) is 1.84. The number of hydrogen-bond donors (Lipinski definition) is 2. The van der Waals surface area contributed by atoms with Crippen LogP contribution in [0.25, 0.3) is 0 Å². The summed E-state index contributed by atoms with van der Waals surface area (Å²) in [5.74, 6) is -1.53. The fourth-order valence-corrected chi connectivity index (χ4v) is 0.329. The Morgan fingerprint density at radius 2 is 1.67 bits per heavy atom. The van der Waals surface area contributed by atoms with E-state index in [-0.39, 0.29) is 0 Å². The standard InChI is InChI=1S/C4H6O2/c5-4(6)2-1-3-4/h2-3,5-6H,1H2. The van der Waals surface area contributed by atoms with Crippen molar-refractivity contribution < 1.29 is 10.2 Å². The molecule has 2 radical (unpaired) electrons. The largest absolute Gasteiger partial charge is 0.365 e. The molecule has 6 heavy (non-hydrogen) atoms. The molecule has 0 aromatic rings. The molecule has 1 rings (SSSR count). The maximum absolute atomic E-state index is 8.36. The second-order valence-corrected chi connectivity index (χ2v) is 1.43. The normalized spacial score (nSPS) is 29.0. The highest BCUT2D eigenvalue weighted by atomic mass is 16.5. The van der Waals surface area contributed by atoms with Crippen LogP contribution in [0.4, 0.5) is 0 Å². The molecule has 0 atom stereocenters. The highest BCUT2D eigenvalue weighted by molar-refractivity contribution is 5.08. The minimum Gasteiger partial charge on any atom is -0.365 e. The zero-order valence-electron chi connectivity index (χ0n) is 3.26. The van der Waals surface area contributed by atoms with Crippen LogP contribution in [0.2, 0.25) is 0 Å². The molecular weight excluding hydrogens is 80.0 g/mol. The Morgan fingerprint density at radius 1 is 1.33 bits per heavy atom. The molecule has 0 aliphatic heterocycles. The summed E-state index contributed by atoms with van der Waals surface area (Å²) in [5, 5.41) is 16.7. The van der Waals surface area contributed by atoms with Crippen molar-refractivity contribution in [3.63, 3.8) is 0 Å². The summed E-state index contributed by atoms with van der Waals surface area (Å²) in [6.07, 6.45) is 3.56. The molecule has 1 aliphatic rings. The van der Waals surface area contributed by atoms with Gasteiger partial charge in [0.2, 0.25) is 0 Å². The fraction of sp³-hybridized carbons (Fsp3) is 0.500. The van der Waals surface area contributed by atoms with E-state index >= 15 is 0 Å². The van der Waals surface area contributed by atoms with Crippen molar-refractivity contribution in [3.8, 4) is 0 Å². The first-order chi connectivity index (χ1) is 2.71. The summed E-state index contributed by atoms with van der Waals surface area (Å²) in [5.41, 5.74) is 0. The van der Waals surface area contributed by atoms with Crippen molar-refractivity contribution in [1.29, 1.82) is 0 Å². The van der Waals surface area contributed by atoms with Crippen LogP contribution in [-0.2, 0) is 0 Å². The predicted octanol–water partition coefficient (Wildman–Crippen LogP) is -0.520. The predicted molar refractivity (Wildman–Crippen MR) is 20.4 cm³/mol. The van der Waals surface area contributed by atoms with Gasteiger partial charge in [-0.3, -0.25) is 0 Å². The maximum Gasteiger partial charge on any atom is 0.169 e. The van der Waals surface area contributed by atoms with Crippen LogP contribution in [-0.4, -0.2) is 16.0 Å². The Labute approximate surface area is 36.4 Å². The average Bonchev–Trinajstić information content (AvgIpc) is 1.32. The topological polar surface area (TPSA) is 40.5 Å². The first-order valence-electron chi connectivity index (χ1n) is 1.84. The van der Waals surface area contributed by atoms with Gasteiger partial charge in [0, 0.05) is 12.8 Å². The van der Waals surface area contributed by atoms with Crippen LogP contribution < -0.4 is 0 Å². The van der Waals surface area contributed by atoms with Crippen molar-refractivity contribution in [2.24, 2.45) is 0 Å². The highest BCUT2D eigenvalue weighted by Crippen LogP contribution is 2.24. The molecule has 2 nitrogen and oxygen atoms in total. The second-order valence-electron chi connectivity index (χ2n) is 1.43. The number of aliphatic hydroxyl groups is 2. The summed E-state index contributed by atoms with van der Waals surface area (Å²) in [4.78, 5) is 0. The molecule has 0 spiro atoms. The van der Waals surface area contributed by atoms with E-state index in [4.69, 9.17) is 10.2 Å². The summed E-state index contributed by atoms with van der Waals surface area (Å²) < 4.78 is 0. The highest BCUT2D eigenvalue weighted by Gasteiger charge is 2.31. The quantitative estimate of drug-likeness (QED) is 0.389. The van der Waals surface area contributed by atoms with E-state index in [0.717, 1.165) is 0 Å². The van der Waals surface area contributed by atoms with Gasteiger partial charge in [-0.15, -0.1) is 0 Å². The lowest BCUT2D eigenvalue weighted by atomic mass is 9.92. The van der Waals surface area contributed by atoms with Crippen LogP contribution in [0.1, 0.15) is 6.42 Å². The van der Waals surface area contributed by atoms with Crippen molar-refractivity contribution in [2.45, 2.75) is 12.2 Å². The van der Waals surface area contributed by atoms with Gasteiger partial charge < -0.3 is 10.2 Å². The maximum atomic E-state index is 8.36. The van der Waals surface area contributed by atoms with Crippen molar-refractivity contribution in [2.75, 3.05) is 0 Å². The van der Waals surface area contributed by atoms with Gasteiger partial charge >= 0.3 is 0 Å². The van der Waals surface area contributed by atoms with Crippen LogP contribution in [0.15, 0.2) is 0 Å². The lowest BCUT2D eigenvalue weighted by Crippen LogP contribution is -2.37. The molecule has 1 fully saturated rings. The van der Waals surface area contributed by atoms with E-state index in [1.165, 1.54) is 12.8 Å². The Bertz CT molecular complexity index is 52.6. The molecule has 0 saturated heterocycles. The summed E-state index contributed by atoms with van der Waals surface area (Å²) in [6, 6.07) is 0. The minimum absolute atomic E-state index is 0.715. The summed E-state index contributed by atoms with van der Waals surface area (Å²) in [7, 11) is 0. The Kier molecular flexibility index (Phi) is 0.648. The van der Waals surface area contributed by atoms with E-state index < -0.39 is 5.79 Å². The molecule has 0 aromatic carbocycles. The van der Waals surface area contributed by atoms with E-state index in [0.29, 0.717) is 6.42 Å². The average molecular weight is 86.1 g/mol. The molecule has 1 saturated carbocycles. The van der Waals surface area contributed by atoms with Gasteiger partial charge in [-0.05, 0) is 6.42 Å². The Morgan fingerprint density at radius 3 is 1.67 bits per heavy atom. The molecule has 0 aromatic heterocycles. The minimum atomic E-state index is -1.53. The molecule has 1 aliphatic carbocycles. The molecular formula is C4H6O2. The summed E-state index contributed by atoms with van der Waals surface area (Å²) in [6.45, 7) is 0. The van der Waals surface area contributed by atoms with E-state index in [9.17, 15) is 0 Å². The van der Waals surface area contributed by atoms with Crippen molar-refractivity contribution >= 4 is 0 Å². The van der Waals surface area contributed by atoms with Gasteiger partial charge in [0.15, 0.2) is 5.79 Å². The van der Waals surface area contributed by atoms with E-state index in [1.807, 2.05) is 0 Å². The molecule has 0 amide bonds. The SMILES string of the molecule is OC1(O)[CH]C[CH]1. The number of hydrogen-bond acceptors (Lipinski definition) is 2. The molecule has 2 heteroatoms. The van der Waals surface area contributed by atoms with Gasteiger partial charge in [0.05, 0.1) is 0 Å². The zero-order valence-corrected chi connectivity index (χ0v) is 3.26. The molecule has 34 valence electrons. The Hall–Kier alpha value is -0.0800. The Balaban J connectivity index is 2.31. The fourth-order valence-electron chi connectivity index (χ4n) is 0.329. The van der Waals surface area contributed by atoms with E-state index in [1.54, 1.807) is 0 Å². The van der Waals surface area contributed by atoms with Crippen molar-refractivity contribution in [1.82, 2.24) is 0 Å². The zero-order chi connectivity index (χ0) is 4.62. The lowest BCUT2D eigenvalue weighted by Gasteiger charge is -2.28. The monoisotopic (exact) mass is 86.0 g/mol. The van der Waals surface area contributed by atoms with Gasteiger partial charge in [-0.25, -0.2) is 0 Å². The molecule has 0 bridgehead atoms. The third-order valence-corrected chi connectivity index (χ3v) is 0.837. The molecule has 0 heterocycles. The third kappa shape index (κ3) is 0.533. The lowest BCUT2D eigenvalue weighted by molar-refractivity contribution is -0.129. The van der Waals surface area contributed by atoms with Gasteiger partial charge in [-0.1, -0.05) is 0 Å². The first kappa shape index (κ1) is 4.09. The summed E-state index contributed by atoms with van der Waals surface area (Å²) >= 11 is 0. The van der Waals surface area contributed by atoms with Gasteiger partial charge in [-0.2, -0.15) is 0 Å². The van der Waals surface area contributed by atoms with E-state index in [2.05, 4.69) is 0 Å². The van der Waals surface area contributed by atoms with Gasteiger partial charge in [0.25, 0.3) is 0 Å². The molecule has 0 unspecified atom stereocenters. The van der Waals surface area contributed by atoms with Crippen LogP contribution >= 0.6 is 0 Å². The van der Waals surface area contributed by atoms with Crippen LogP contribution in [0, 0.1) is 12.8 Å².